The first-order chi connectivity index (χ1) is 10.4. The molecule has 2 aromatic carbocycles. The monoisotopic (exact) mass is 382 g/mol. The normalized spacial score (nSPS) is 11.7. The van der Waals surface area contributed by atoms with E-state index < -0.39 is 17.9 Å². The molecule has 0 bridgehead atoms. The molecule has 0 unspecified atom stereocenters. The quantitative estimate of drug-likeness (QED) is 0.707. The Bertz CT molecular complexity index is 736. The van der Waals surface area contributed by atoms with E-state index in [1.54, 1.807) is 30.3 Å². The van der Waals surface area contributed by atoms with Crippen LogP contribution in [0.1, 0.15) is 22.0 Å². The molecular weight excluding hydrogens is 372 g/mol. The third-order valence-corrected chi connectivity index (χ3v) is 3.69. The van der Waals surface area contributed by atoms with Crippen molar-refractivity contribution in [1.29, 1.82) is 0 Å². The van der Waals surface area contributed by atoms with Crippen molar-refractivity contribution < 1.29 is 14.7 Å². The van der Waals surface area contributed by atoms with Gasteiger partial charge in [0.25, 0.3) is 5.91 Å². The van der Waals surface area contributed by atoms with Crippen molar-refractivity contribution in [2.45, 2.75) is 6.04 Å². The number of amides is 1. The summed E-state index contributed by atoms with van der Waals surface area (Å²) in [5.74, 6) is -1.76. The highest BCUT2D eigenvalue weighted by molar-refractivity contribution is 9.10. The van der Waals surface area contributed by atoms with E-state index in [1.165, 1.54) is 12.1 Å². The molecule has 0 saturated carbocycles. The molecule has 0 aromatic heterocycles. The molecule has 4 N–H and O–H groups in total. The van der Waals surface area contributed by atoms with Crippen LogP contribution in [0.15, 0.2) is 46.9 Å². The van der Waals surface area contributed by atoms with E-state index in [0.717, 1.165) is 4.47 Å². The summed E-state index contributed by atoms with van der Waals surface area (Å²) in [6, 6.07) is 9.85. The zero-order valence-electron chi connectivity index (χ0n) is 11.2. The van der Waals surface area contributed by atoms with Crippen molar-refractivity contribution in [2.75, 3.05) is 5.73 Å². The SMILES string of the molecule is Nc1cc(Br)ccc1C(=O)N[C@H](C(=O)O)c1cccc(Cl)c1. The number of anilines is 1. The lowest BCUT2D eigenvalue weighted by Crippen LogP contribution is -2.34. The molecule has 0 fully saturated rings. The number of carboxylic acids is 1. The van der Waals surface area contributed by atoms with Gasteiger partial charge >= 0.3 is 5.97 Å². The zero-order valence-corrected chi connectivity index (χ0v) is 13.6. The Morgan fingerprint density at radius 2 is 1.95 bits per heavy atom. The number of hydrogen-bond donors (Lipinski definition) is 3. The van der Waals surface area contributed by atoms with E-state index >= 15 is 0 Å². The highest BCUT2D eigenvalue weighted by Gasteiger charge is 2.23. The van der Waals surface area contributed by atoms with Crippen molar-refractivity contribution in [1.82, 2.24) is 5.32 Å². The number of halogens is 2. The molecule has 5 nitrogen and oxygen atoms in total. The van der Waals surface area contributed by atoms with Crippen LogP contribution in [0.2, 0.25) is 5.02 Å². The fourth-order valence-electron chi connectivity index (χ4n) is 1.92. The Balaban J connectivity index is 2.28. The summed E-state index contributed by atoms with van der Waals surface area (Å²) >= 11 is 9.10. The molecule has 2 aromatic rings. The van der Waals surface area contributed by atoms with Gasteiger partial charge in [-0.15, -0.1) is 0 Å². The minimum Gasteiger partial charge on any atom is -0.479 e. The largest absolute Gasteiger partial charge is 0.479 e. The number of rotatable bonds is 4. The number of nitrogens with two attached hydrogens (primary N) is 1. The number of carboxylic acid groups (broad SMARTS) is 1. The van der Waals surface area contributed by atoms with Crippen molar-refractivity contribution in [3.05, 3.63) is 63.1 Å². The maximum atomic E-state index is 12.2. The number of nitrogens with one attached hydrogen (secondary N) is 1. The van der Waals surface area contributed by atoms with Crippen molar-refractivity contribution in [3.8, 4) is 0 Å². The van der Waals surface area contributed by atoms with Crippen LogP contribution in [0.4, 0.5) is 5.69 Å². The average Bonchev–Trinajstić information content (AvgIpc) is 2.44. The van der Waals surface area contributed by atoms with Crippen molar-refractivity contribution in [3.63, 3.8) is 0 Å². The molecule has 22 heavy (non-hydrogen) atoms. The van der Waals surface area contributed by atoms with Gasteiger partial charge in [0.05, 0.1) is 5.56 Å². The van der Waals surface area contributed by atoms with Gasteiger partial charge in [0.15, 0.2) is 6.04 Å². The fraction of sp³-hybridized carbons (Fsp3) is 0.0667. The van der Waals surface area contributed by atoms with Gasteiger partial charge in [0.1, 0.15) is 0 Å². The molecule has 114 valence electrons. The first kappa shape index (κ1) is 16.3. The molecule has 1 amide bonds. The molecule has 0 spiro atoms. The summed E-state index contributed by atoms with van der Waals surface area (Å²) in [5.41, 5.74) is 6.61. The molecule has 0 saturated heterocycles. The van der Waals surface area contributed by atoms with Crippen LogP contribution >= 0.6 is 27.5 Å². The number of carbonyl (C=O) groups is 2. The first-order valence-corrected chi connectivity index (χ1v) is 7.39. The van der Waals surface area contributed by atoms with Gasteiger partial charge in [-0.25, -0.2) is 4.79 Å². The lowest BCUT2D eigenvalue weighted by Gasteiger charge is -2.16. The van der Waals surface area contributed by atoms with Crippen LogP contribution in [0, 0.1) is 0 Å². The Kier molecular flexibility index (Phi) is 5.05. The third kappa shape index (κ3) is 3.78. The second kappa shape index (κ2) is 6.81. The molecule has 0 aliphatic heterocycles. The highest BCUT2D eigenvalue weighted by Crippen LogP contribution is 2.21. The fourth-order valence-corrected chi connectivity index (χ4v) is 2.50. The number of benzene rings is 2. The van der Waals surface area contributed by atoms with Crippen LogP contribution in [0.25, 0.3) is 0 Å². The second-order valence-electron chi connectivity index (χ2n) is 4.53. The van der Waals surface area contributed by atoms with Gasteiger partial charge < -0.3 is 16.2 Å². The second-order valence-corrected chi connectivity index (χ2v) is 5.88. The molecule has 1 atom stereocenters. The predicted octanol–water partition coefficient (Wildman–Crippen LogP) is 3.24. The smallest absolute Gasteiger partial charge is 0.330 e. The van der Waals surface area contributed by atoms with Gasteiger partial charge in [-0.1, -0.05) is 39.7 Å². The van der Waals surface area contributed by atoms with Crippen molar-refractivity contribution in [2.24, 2.45) is 0 Å². The standard InChI is InChI=1S/C15H12BrClN2O3/c16-9-4-5-11(12(18)7-9)14(20)19-13(15(21)22)8-2-1-3-10(17)6-8/h1-7,13H,18H2,(H,19,20)(H,21,22)/t13-/m0/s1. The Morgan fingerprint density at radius 3 is 2.55 bits per heavy atom. The molecule has 0 radical (unpaired) electrons. The van der Waals surface area contributed by atoms with Crippen molar-refractivity contribution >= 4 is 45.1 Å². The summed E-state index contributed by atoms with van der Waals surface area (Å²) in [6.45, 7) is 0. The van der Waals surface area contributed by atoms with Crippen LogP contribution in [0.3, 0.4) is 0 Å². The summed E-state index contributed by atoms with van der Waals surface area (Å²) in [5, 5.41) is 12.2. The van der Waals surface area contributed by atoms with E-state index in [4.69, 9.17) is 17.3 Å². The van der Waals surface area contributed by atoms with Crippen LogP contribution in [0.5, 0.6) is 0 Å². The van der Waals surface area contributed by atoms with Crippen LogP contribution in [-0.2, 0) is 4.79 Å². The molecule has 2 rings (SSSR count). The summed E-state index contributed by atoms with van der Waals surface area (Å²) in [6.07, 6.45) is 0. The van der Waals surface area contributed by atoms with Gasteiger partial charge in [0.2, 0.25) is 0 Å². The Morgan fingerprint density at radius 1 is 1.23 bits per heavy atom. The van der Waals surface area contributed by atoms with E-state index in [-0.39, 0.29) is 11.3 Å². The van der Waals surface area contributed by atoms with Crippen LogP contribution in [-0.4, -0.2) is 17.0 Å². The lowest BCUT2D eigenvalue weighted by molar-refractivity contribution is -0.139. The topological polar surface area (TPSA) is 92.4 Å². The zero-order chi connectivity index (χ0) is 16.3. The predicted molar refractivity (Wildman–Crippen MR) is 87.8 cm³/mol. The van der Waals surface area contributed by atoms with Crippen LogP contribution < -0.4 is 11.1 Å². The number of nitrogen functional groups attached to an aromatic ring is 1. The van der Waals surface area contributed by atoms with E-state index in [9.17, 15) is 14.7 Å². The maximum Gasteiger partial charge on any atom is 0.330 e. The van der Waals surface area contributed by atoms with E-state index in [2.05, 4.69) is 21.2 Å². The molecule has 0 heterocycles. The summed E-state index contributed by atoms with van der Waals surface area (Å²) in [4.78, 5) is 23.7. The minimum atomic E-state index is -1.21. The molecule has 0 aliphatic carbocycles. The summed E-state index contributed by atoms with van der Waals surface area (Å²) < 4.78 is 0.728. The third-order valence-electron chi connectivity index (χ3n) is 2.96. The van der Waals surface area contributed by atoms with Gasteiger partial charge in [-0.2, -0.15) is 0 Å². The molecular formula is C15H12BrClN2O3. The van der Waals surface area contributed by atoms with E-state index in [0.29, 0.717) is 10.6 Å². The van der Waals surface area contributed by atoms with Gasteiger partial charge in [0, 0.05) is 15.2 Å². The average molecular weight is 384 g/mol. The van der Waals surface area contributed by atoms with E-state index in [1.807, 2.05) is 0 Å². The van der Waals surface area contributed by atoms with Gasteiger partial charge in [-0.3, -0.25) is 4.79 Å². The number of hydrogen-bond acceptors (Lipinski definition) is 3. The minimum absolute atomic E-state index is 0.205. The molecule has 7 heteroatoms. The molecule has 0 aliphatic rings. The maximum absolute atomic E-state index is 12.2. The number of carbonyl (C=O) groups excluding carboxylic acids is 1. The lowest BCUT2D eigenvalue weighted by atomic mass is 10.1. The highest BCUT2D eigenvalue weighted by atomic mass is 79.9. The Hall–Kier alpha value is -2.05. The Labute approximate surface area is 140 Å². The number of aliphatic carboxylic acids is 1. The first-order valence-electron chi connectivity index (χ1n) is 6.22. The summed E-state index contributed by atoms with van der Waals surface area (Å²) in [7, 11) is 0. The van der Waals surface area contributed by atoms with Gasteiger partial charge in [-0.05, 0) is 35.9 Å².